The van der Waals surface area contributed by atoms with Gasteiger partial charge < -0.3 is 10.0 Å². The van der Waals surface area contributed by atoms with Crippen LogP contribution >= 0.6 is 0 Å². The Hall–Kier alpha value is -1.09. The molecule has 2 heterocycles. The number of anilines is 1. The van der Waals surface area contributed by atoms with Crippen molar-refractivity contribution in [3.63, 3.8) is 0 Å². The van der Waals surface area contributed by atoms with E-state index in [0.717, 1.165) is 25.2 Å². The molecule has 0 unspecified atom stereocenters. The SMILES string of the molecule is CC(C)c1ccc(N2CCC[C@@H]2CO)nc1. The van der Waals surface area contributed by atoms with Crippen LogP contribution in [0.3, 0.4) is 0 Å². The van der Waals surface area contributed by atoms with Gasteiger partial charge >= 0.3 is 0 Å². The van der Waals surface area contributed by atoms with Gasteiger partial charge in [0.15, 0.2) is 0 Å². The molecule has 1 fully saturated rings. The van der Waals surface area contributed by atoms with Gasteiger partial charge in [-0.15, -0.1) is 0 Å². The van der Waals surface area contributed by atoms with Gasteiger partial charge in [-0.05, 0) is 30.4 Å². The van der Waals surface area contributed by atoms with E-state index in [2.05, 4.69) is 35.9 Å². The fraction of sp³-hybridized carbons (Fsp3) is 0.615. The highest BCUT2D eigenvalue weighted by atomic mass is 16.3. The first kappa shape index (κ1) is 11.4. The summed E-state index contributed by atoms with van der Waals surface area (Å²) >= 11 is 0. The van der Waals surface area contributed by atoms with Crippen molar-refractivity contribution in [2.45, 2.75) is 38.6 Å². The highest BCUT2D eigenvalue weighted by Gasteiger charge is 2.24. The third kappa shape index (κ3) is 2.19. The number of aromatic nitrogens is 1. The molecule has 0 radical (unpaired) electrons. The molecule has 88 valence electrons. The Morgan fingerprint density at radius 3 is 2.88 bits per heavy atom. The maximum absolute atomic E-state index is 9.27. The zero-order valence-corrected chi connectivity index (χ0v) is 10.1. The lowest BCUT2D eigenvalue weighted by molar-refractivity contribution is 0.266. The second-order valence-electron chi connectivity index (χ2n) is 4.78. The van der Waals surface area contributed by atoms with Gasteiger partial charge in [-0.25, -0.2) is 4.98 Å². The Morgan fingerprint density at radius 1 is 1.50 bits per heavy atom. The van der Waals surface area contributed by atoms with Crippen LogP contribution in [0.15, 0.2) is 18.3 Å². The molecule has 0 bridgehead atoms. The van der Waals surface area contributed by atoms with Gasteiger partial charge in [0.05, 0.1) is 12.6 Å². The third-order valence-corrected chi connectivity index (χ3v) is 3.32. The minimum atomic E-state index is 0.230. The van der Waals surface area contributed by atoms with Crippen LogP contribution in [-0.2, 0) is 0 Å². The Labute approximate surface area is 97.1 Å². The summed E-state index contributed by atoms with van der Waals surface area (Å²) in [6, 6.07) is 4.47. The zero-order chi connectivity index (χ0) is 11.5. The molecule has 1 aliphatic heterocycles. The van der Waals surface area contributed by atoms with Crippen molar-refractivity contribution in [3.8, 4) is 0 Å². The molecule has 3 heteroatoms. The first-order valence-corrected chi connectivity index (χ1v) is 6.06. The molecule has 3 nitrogen and oxygen atoms in total. The summed E-state index contributed by atoms with van der Waals surface area (Å²) < 4.78 is 0. The van der Waals surface area contributed by atoms with Crippen molar-refractivity contribution in [1.82, 2.24) is 4.98 Å². The van der Waals surface area contributed by atoms with Crippen molar-refractivity contribution < 1.29 is 5.11 Å². The van der Waals surface area contributed by atoms with Gasteiger partial charge in [-0.1, -0.05) is 19.9 Å². The Morgan fingerprint density at radius 2 is 2.31 bits per heavy atom. The van der Waals surface area contributed by atoms with E-state index in [4.69, 9.17) is 0 Å². The molecule has 2 rings (SSSR count). The molecule has 1 aliphatic rings. The normalized spacial score (nSPS) is 20.8. The summed E-state index contributed by atoms with van der Waals surface area (Å²) in [5, 5.41) is 9.27. The van der Waals surface area contributed by atoms with Gasteiger partial charge in [0.1, 0.15) is 5.82 Å². The van der Waals surface area contributed by atoms with Crippen LogP contribution < -0.4 is 4.90 Å². The average Bonchev–Trinajstić information content (AvgIpc) is 2.77. The van der Waals surface area contributed by atoms with Crippen LogP contribution in [0.2, 0.25) is 0 Å². The number of hydrogen-bond donors (Lipinski definition) is 1. The first-order valence-electron chi connectivity index (χ1n) is 6.06. The lowest BCUT2D eigenvalue weighted by Crippen LogP contribution is -2.32. The second-order valence-corrected chi connectivity index (χ2v) is 4.78. The Kier molecular flexibility index (Phi) is 3.44. The average molecular weight is 220 g/mol. The number of aliphatic hydroxyl groups excluding tert-OH is 1. The van der Waals surface area contributed by atoms with E-state index >= 15 is 0 Å². The molecule has 0 aromatic carbocycles. The van der Waals surface area contributed by atoms with Crippen LogP contribution in [-0.4, -0.2) is 29.3 Å². The monoisotopic (exact) mass is 220 g/mol. The van der Waals surface area contributed by atoms with Gasteiger partial charge in [0.25, 0.3) is 0 Å². The third-order valence-electron chi connectivity index (χ3n) is 3.32. The van der Waals surface area contributed by atoms with E-state index in [0.29, 0.717) is 5.92 Å². The lowest BCUT2D eigenvalue weighted by Gasteiger charge is -2.24. The molecular weight excluding hydrogens is 200 g/mol. The lowest BCUT2D eigenvalue weighted by atomic mass is 10.1. The molecule has 0 saturated carbocycles. The van der Waals surface area contributed by atoms with Crippen molar-refractivity contribution >= 4 is 5.82 Å². The summed E-state index contributed by atoms with van der Waals surface area (Å²) in [5.74, 6) is 1.52. The Bertz CT molecular complexity index is 334. The quantitative estimate of drug-likeness (QED) is 0.848. The van der Waals surface area contributed by atoms with E-state index in [9.17, 15) is 5.11 Å². The van der Waals surface area contributed by atoms with Gasteiger partial charge in [-0.2, -0.15) is 0 Å². The second kappa shape index (κ2) is 4.83. The largest absolute Gasteiger partial charge is 0.394 e. The van der Waals surface area contributed by atoms with Gasteiger partial charge in [0, 0.05) is 12.7 Å². The summed E-state index contributed by atoms with van der Waals surface area (Å²) in [5.41, 5.74) is 1.27. The van der Waals surface area contributed by atoms with E-state index in [1.165, 1.54) is 5.56 Å². The molecule has 1 aromatic heterocycles. The molecule has 16 heavy (non-hydrogen) atoms. The number of pyridine rings is 1. The molecule has 1 saturated heterocycles. The fourth-order valence-corrected chi connectivity index (χ4v) is 2.24. The number of hydrogen-bond acceptors (Lipinski definition) is 3. The topological polar surface area (TPSA) is 36.4 Å². The maximum atomic E-state index is 9.27. The molecule has 1 atom stereocenters. The molecule has 0 aliphatic carbocycles. The van der Waals surface area contributed by atoms with Crippen LogP contribution in [0.1, 0.15) is 38.2 Å². The maximum Gasteiger partial charge on any atom is 0.128 e. The fourth-order valence-electron chi connectivity index (χ4n) is 2.24. The van der Waals surface area contributed by atoms with Crippen LogP contribution in [0.25, 0.3) is 0 Å². The van der Waals surface area contributed by atoms with Crippen LogP contribution in [0.5, 0.6) is 0 Å². The first-order chi connectivity index (χ1) is 7.72. The van der Waals surface area contributed by atoms with Crippen molar-refractivity contribution in [1.29, 1.82) is 0 Å². The summed E-state index contributed by atoms with van der Waals surface area (Å²) in [6.45, 7) is 5.58. The zero-order valence-electron chi connectivity index (χ0n) is 10.1. The van der Waals surface area contributed by atoms with E-state index in [-0.39, 0.29) is 12.6 Å². The number of aliphatic hydroxyl groups is 1. The molecule has 0 amide bonds. The van der Waals surface area contributed by atoms with Gasteiger partial charge in [-0.3, -0.25) is 0 Å². The van der Waals surface area contributed by atoms with E-state index < -0.39 is 0 Å². The molecule has 0 spiro atoms. The summed E-state index contributed by atoms with van der Waals surface area (Å²) in [4.78, 5) is 6.71. The van der Waals surface area contributed by atoms with Crippen LogP contribution in [0.4, 0.5) is 5.82 Å². The van der Waals surface area contributed by atoms with E-state index in [1.807, 2.05) is 6.20 Å². The molecule has 1 N–H and O–H groups in total. The van der Waals surface area contributed by atoms with Crippen LogP contribution in [0, 0.1) is 0 Å². The summed E-state index contributed by atoms with van der Waals surface area (Å²) in [7, 11) is 0. The minimum Gasteiger partial charge on any atom is -0.394 e. The highest BCUT2D eigenvalue weighted by molar-refractivity contribution is 5.42. The number of nitrogens with zero attached hydrogens (tertiary/aromatic N) is 2. The summed E-state index contributed by atoms with van der Waals surface area (Å²) in [6.07, 6.45) is 4.18. The van der Waals surface area contributed by atoms with Crippen molar-refractivity contribution in [2.75, 3.05) is 18.1 Å². The predicted octanol–water partition coefficient (Wildman–Crippen LogP) is 2.17. The molecular formula is C13H20N2O. The van der Waals surface area contributed by atoms with Crippen molar-refractivity contribution in [2.24, 2.45) is 0 Å². The smallest absolute Gasteiger partial charge is 0.128 e. The number of rotatable bonds is 3. The predicted molar refractivity (Wildman–Crippen MR) is 65.8 cm³/mol. The minimum absolute atomic E-state index is 0.230. The molecule has 1 aromatic rings. The van der Waals surface area contributed by atoms with Crippen molar-refractivity contribution in [3.05, 3.63) is 23.9 Å². The standard InChI is InChI=1S/C13H20N2O/c1-10(2)11-5-6-13(14-8-11)15-7-3-4-12(15)9-16/h5-6,8,10,12,16H,3-4,7,9H2,1-2H3/t12-/m1/s1. The van der Waals surface area contributed by atoms with E-state index in [1.54, 1.807) is 0 Å². The Balaban J connectivity index is 2.15. The highest BCUT2D eigenvalue weighted by Crippen LogP contribution is 2.24. The van der Waals surface area contributed by atoms with Gasteiger partial charge in [0.2, 0.25) is 0 Å².